The average molecular weight is 344 g/mol. The Kier molecular flexibility index (Phi) is 4.99. The van der Waals surface area contributed by atoms with Crippen LogP contribution in [0.1, 0.15) is 18.4 Å². The van der Waals surface area contributed by atoms with Crippen LogP contribution in [0.5, 0.6) is 5.75 Å². The number of aryl methyl sites for hydroxylation is 1. The van der Waals surface area contributed by atoms with E-state index in [4.69, 9.17) is 9.47 Å². The minimum Gasteiger partial charge on any atom is -0.492 e. The molecule has 2 rings (SSSR count). The van der Waals surface area contributed by atoms with Crippen LogP contribution in [0, 0.1) is 22.5 Å². The quantitative estimate of drug-likeness (QED) is 0.466. The lowest BCUT2D eigenvalue weighted by Crippen LogP contribution is -2.36. The van der Waals surface area contributed by atoms with Gasteiger partial charge in [0.25, 0.3) is 5.69 Å². The summed E-state index contributed by atoms with van der Waals surface area (Å²) in [6.07, 6.45) is 1.87. The largest absolute Gasteiger partial charge is 0.492 e. The first-order chi connectivity index (χ1) is 9.56. The van der Waals surface area contributed by atoms with Gasteiger partial charge in [-0.15, -0.1) is 0 Å². The van der Waals surface area contributed by atoms with Crippen LogP contribution in [0.15, 0.2) is 18.2 Å². The van der Waals surface area contributed by atoms with Gasteiger partial charge in [0.2, 0.25) is 0 Å². The lowest BCUT2D eigenvalue weighted by Gasteiger charge is -2.35. The zero-order chi connectivity index (χ0) is 14.6. The summed E-state index contributed by atoms with van der Waals surface area (Å²) in [6, 6.07) is 4.71. The lowest BCUT2D eigenvalue weighted by atomic mass is 9.83. The van der Waals surface area contributed by atoms with Crippen molar-refractivity contribution in [1.82, 2.24) is 0 Å². The van der Waals surface area contributed by atoms with E-state index in [2.05, 4.69) is 15.9 Å². The summed E-state index contributed by atoms with van der Waals surface area (Å²) in [6.45, 7) is 3.92. The monoisotopic (exact) mass is 343 g/mol. The Morgan fingerprint density at radius 2 is 2.15 bits per heavy atom. The van der Waals surface area contributed by atoms with Crippen molar-refractivity contribution in [2.24, 2.45) is 5.41 Å². The van der Waals surface area contributed by atoms with Gasteiger partial charge in [-0.1, -0.05) is 15.9 Å². The Hall–Kier alpha value is -1.14. The number of nitrogens with zero attached hydrogens (tertiary/aromatic N) is 1. The average Bonchev–Trinajstić information content (AvgIpc) is 2.47. The smallest absolute Gasteiger partial charge is 0.273 e. The molecule has 110 valence electrons. The highest BCUT2D eigenvalue weighted by Crippen LogP contribution is 2.34. The molecule has 0 aliphatic carbocycles. The van der Waals surface area contributed by atoms with Crippen LogP contribution in [0.4, 0.5) is 5.69 Å². The highest BCUT2D eigenvalue weighted by molar-refractivity contribution is 9.09. The first kappa shape index (κ1) is 15.3. The van der Waals surface area contributed by atoms with Gasteiger partial charge in [0, 0.05) is 30.0 Å². The van der Waals surface area contributed by atoms with Crippen LogP contribution in [0.25, 0.3) is 0 Å². The minimum atomic E-state index is -0.402. The molecular formula is C14H18BrNO4. The van der Waals surface area contributed by atoms with Crippen LogP contribution in [-0.2, 0) is 4.74 Å². The predicted molar refractivity (Wildman–Crippen MR) is 79.6 cm³/mol. The maximum atomic E-state index is 10.8. The second-order valence-electron chi connectivity index (χ2n) is 5.24. The number of ether oxygens (including phenoxy) is 2. The van der Waals surface area contributed by atoms with Crippen molar-refractivity contribution in [2.45, 2.75) is 19.8 Å². The molecule has 1 saturated heterocycles. The third-order valence-corrected chi connectivity index (χ3v) is 4.94. The van der Waals surface area contributed by atoms with Crippen molar-refractivity contribution in [1.29, 1.82) is 0 Å². The van der Waals surface area contributed by atoms with Crippen molar-refractivity contribution in [2.75, 3.05) is 25.2 Å². The molecule has 0 unspecified atom stereocenters. The van der Waals surface area contributed by atoms with E-state index in [1.807, 2.05) is 6.92 Å². The lowest BCUT2D eigenvalue weighted by molar-refractivity contribution is -0.385. The molecule has 0 aromatic heterocycles. The van der Waals surface area contributed by atoms with E-state index < -0.39 is 4.92 Å². The first-order valence-corrected chi connectivity index (χ1v) is 7.70. The number of nitro groups is 1. The van der Waals surface area contributed by atoms with Gasteiger partial charge in [-0.25, -0.2) is 0 Å². The molecule has 5 nitrogen and oxygen atoms in total. The molecule has 0 amide bonds. The Morgan fingerprint density at radius 3 is 2.75 bits per heavy atom. The van der Waals surface area contributed by atoms with Gasteiger partial charge in [0.1, 0.15) is 5.75 Å². The third-order valence-electron chi connectivity index (χ3n) is 3.75. The molecule has 0 saturated carbocycles. The number of hydrogen-bond donors (Lipinski definition) is 0. The SMILES string of the molecule is Cc1ccc([N+](=O)[O-])cc1OCC1(CBr)CCOCC1. The van der Waals surface area contributed by atoms with E-state index in [9.17, 15) is 10.1 Å². The summed E-state index contributed by atoms with van der Waals surface area (Å²) >= 11 is 3.55. The van der Waals surface area contributed by atoms with E-state index in [0.717, 1.165) is 36.9 Å². The molecule has 1 aliphatic rings. The molecule has 1 aromatic rings. The summed E-state index contributed by atoms with van der Waals surface area (Å²) in [7, 11) is 0. The van der Waals surface area contributed by atoms with Gasteiger partial charge in [-0.3, -0.25) is 10.1 Å². The number of nitro benzene ring substituents is 1. The van der Waals surface area contributed by atoms with E-state index in [0.29, 0.717) is 12.4 Å². The van der Waals surface area contributed by atoms with E-state index in [1.54, 1.807) is 6.07 Å². The maximum Gasteiger partial charge on any atom is 0.273 e. The zero-order valence-corrected chi connectivity index (χ0v) is 13.0. The fraction of sp³-hybridized carbons (Fsp3) is 0.571. The number of alkyl halides is 1. The number of hydrogen-bond acceptors (Lipinski definition) is 4. The number of rotatable bonds is 5. The number of benzene rings is 1. The first-order valence-electron chi connectivity index (χ1n) is 6.58. The second kappa shape index (κ2) is 6.54. The van der Waals surface area contributed by atoms with Crippen LogP contribution < -0.4 is 4.74 Å². The number of non-ortho nitro benzene ring substituents is 1. The van der Waals surface area contributed by atoms with Crippen LogP contribution in [0.3, 0.4) is 0 Å². The zero-order valence-electron chi connectivity index (χ0n) is 11.4. The Morgan fingerprint density at radius 1 is 1.45 bits per heavy atom. The van der Waals surface area contributed by atoms with E-state index in [1.165, 1.54) is 12.1 Å². The van der Waals surface area contributed by atoms with Crippen molar-refractivity contribution >= 4 is 21.6 Å². The summed E-state index contributed by atoms with van der Waals surface area (Å²) in [5.74, 6) is 0.589. The topological polar surface area (TPSA) is 61.6 Å². The van der Waals surface area contributed by atoms with Gasteiger partial charge < -0.3 is 9.47 Å². The Bertz CT molecular complexity index is 486. The molecule has 0 N–H and O–H groups in total. The molecule has 0 spiro atoms. The molecule has 6 heteroatoms. The van der Waals surface area contributed by atoms with Gasteiger partial charge in [0.05, 0.1) is 17.6 Å². The van der Waals surface area contributed by atoms with Crippen molar-refractivity contribution in [3.8, 4) is 5.75 Å². The van der Waals surface area contributed by atoms with Crippen molar-refractivity contribution in [3.63, 3.8) is 0 Å². The fourth-order valence-corrected chi connectivity index (χ4v) is 2.93. The predicted octanol–water partition coefficient (Wildman–Crippen LogP) is 3.47. The summed E-state index contributed by atoms with van der Waals surface area (Å²) in [5, 5.41) is 11.7. The summed E-state index contributed by atoms with van der Waals surface area (Å²) < 4.78 is 11.3. The van der Waals surface area contributed by atoms with Gasteiger partial charge >= 0.3 is 0 Å². The molecule has 0 bridgehead atoms. The fourth-order valence-electron chi connectivity index (χ4n) is 2.21. The molecular weight excluding hydrogens is 326 g/mol. The molecule has 1 fully saturated rings. The Balaban J connectivity index is 2.09. The normalized spacial score (nSPS) is 17.7. The van der Waals surface area contributed by atoms with Gasteiger partial charge in [-0.2, -0.15) is 0 Å². The number of halogens is 1. The molecule has 1 aromatic carbocycles. The highest BCUT2D eigenvalue weighted by atomic mass is 79.9. The van der Waals surface area contributed by atoms with Crippen molar-refractivity contribution in [3.05, 3.63) is 33.9 Å². The second-order valence-corrected chi connectivity index (χ2v) is 5.80. The molecule has 1 aliphatic heterocycles. The standard InChI is InChI=1S/C14H18BrNO4/c1-11-2-3-12(16(17)18)8-13(11)20-10-14(9-15)4-6-19-7-5-14/h2-3,8H,4-7,9-10H2,1H3. The van der Waals surface area contributed by atoms with Gasteiger partial charge in [-0.05, 0) is 31.4 Å². The minimum absolute atomic E-state index is 0.0509. The molecule has 20 heavy (non-hydrogen) atoms. The summed E-state index contributed by atoms with van der Waals surface area (Å²) in [5.41, 5.74) is 1.02. The van der Waals surface area contributed by atoms with Crippen LogP contribution in [-0.4, -0.2) is 30.1 Å². The van der Waals surface area contributed by atoms with Crippen molar-refractivity contribution < 1.29 is 14.4 Å². The Labute approximate surface area is 126 Å². The van der Waals surface area contributed by atoms with Gasteiger partial charge in [0.15, 0.2) is 0 Å². The van der Waals surface area contributed by atoms with Crippen LogP contribution in [0.2, 0.25) is 0 Å². The highest BCUT2D eigenvalue weighted by Gasteiger charge is 2.32. The summed E-state index contributed by atoms with van der Waals surface area (Å²) in [4.78, 5) is 10.4. The maximum absolute atomic E-state index is 10.8. The van der Waals surface area contributed by atoms with Crippen LogP contribution >= 0.6 is 15.9 Å². The van der Waals surface area contributed by atoms with E-state index >= 15 is 0 Å². The van der Waals surface area contributed by atoms with E-state index in [-0.39, 0.29) is 11.1 Å². The third kappa shape index (κ3) is 3.49. The molecule has 1 heterocycles. The molecule has 0 atom stereocenters. The molecule has 0 radical (unpaired) electrons.